The summed E-state index contributed by atoms with van der Waals surface area (Å²) in [7, 11) is 3.49. The maximum Gasteiger partial charge on any atom is 0.253 e. The molecule has 9 heteroatoms. The highest BCUT2D eigenvalue weighted by molar-refractivity contribution is 7.99. The average Bonchev–Trinajstić information content (AvgIpc) is 3.63. The molecule has 34 heavy (non-hydrogen) atoms. The predicted octanol–water partition coefficient (Wildman–Crippen LogP) is 4.55. The molecule has 2 aromatic heterocycles. The number of methoxy groups -OCH3 is 1. The molecule has 1 aliphatic heterocycles. The van der Waals surface area contributed by atoms with E-state index in [0.717, 1.165) is 22.6 Å². The standard InChI is InChI=1S/C25H23N5O3S/c1-29-24(22-9-6-14-33-22)26-27-25(29)34-16-23(31)30-21(18-10-12-19(32-2)13-11-18)15-20(28-30)17-7-4-3-5-8-17/h3-14,21H,15-16H2,1-2H3. The number of benzene rings is 2. The number of rotatable bonds is 7. The molecular weight excluding hydrogens is 450 g/mol. The maximum absolute atomic E-state index is 13.3. The Morgan fingerprint density at radius 2 is 1.88 bits per heavy atom. The molecule has 0 fully saturated rings. The first-order chi connectivity index (χ1) is 16.6. The molecule has 0 spiro atoms. The number of carbonyl (C=O) groups excluding carboxylic acids is 1. The molecule has 3 heterocycles. The summed E-state index contributed by atoms with van der Waals surface area (Å²) in [5.74, 6) is 2.10. The first-order valence-corrected chi connectivity index (χ1v) is 11.8. The van der Waals surface area contributed by atoms with E-state index in [-0.39, 0.29) is 17.7 Å². The number of ether oxygens (including phenoxy) is 1. The second-order valence-electron chi connectivity index (χ2n) is 7.78. The number of hydrogen-bond donors (Lipinski definition) is 0. The third-order valence-corrected chi connectivity index (χ3v) is 6.68. The molecule has 1 amide bonds. The van der Waals surface area contributed by atoms with Crippen LogP contribution in [0.4, 0.5) is 0 Å². The molecule has 0 saturated heterocycles. The second kappa shape index (κ2) is 9.56. The van der Waals surface area contributed by atoms with Crippen molar-refractivity contribution < 1.29 is 13.9 Å². The van der Waals surface area contributed by atoms with Gasteiger partial charge in [-0.15, -0.1) is 10.2 Å². The van der Waals surface area contributed by atoms with Crippen LogP contribution in [0.5, 0.6) is 5.75 Å². The molecule has 1 unspecified atom stereocenters. The Kier molecular flexibility index (Phi) is 6.18. The van der Waals surface area contributed by atoms with Crippen molar-refractivity contribution in [1.29, 1.82) is 0 Å². The molecule has 0 aliphatic carbocycles. The first-order valence-electron chi connectivity index (χ1n) is 10.8. The van der Waals surface area contributed by atoms with Crippen molar-refractivity contribution in [3.05, 3.63) is 84.1 Å². The minimum Gasteiger partial charge on any atom is -0.497 e. The highest BCUT2D eigenvalue weighted by Crippen LogP contribution is 2.34. The largest absolute Gasteiger partial charge is 0.497 e. The van der Waals surface area contributed by atoms with Crippen molar-refractivity contribution in [2.45, 2.75) is 17.6 Å². The summed E-state index contributed by atoms with van der Waals surface area (Å²) in [5.41, 5.74) is 2.91. The van der Waals surface area contributed by atoms with Crippen molar-refractivity contribution in [2.24, 2.45) is 12.1 Å². The van der Waals surface area contributed by atoms with Gasteiger partial charge in [0.2, 0.25) is 0 Å². The molecule has 2 aromatic carbocycles. The van der Waals surface area contributed by atoms with E-state index in [9.17, 15) is 4.79 Å². The van der Waals surface area contributed by atoms with E-state index in [0.29, 0.717) is 23.2 Å². The van der Waals surface area contributed by atoms with E-state index in [4.69, 9.17) is 14.3 Å². The minimum atomic E-state index is -0.188. The Morgan fingerprint density at radius 3 is 2.59 bits per heavy atom. The second-order valence-corrected chi connectivity index (χ2v) is 8.72. The Labute approximate surface area is 201 Å². The van der Waals surface area contributed by atoms with Gasteiger partial charge in [-0.05, 0) is 35.4 Å². The zero-order valence-electron chi connectivity index (χ0n) is 18.8. The van der Waals surface area contributed by atoms with E-state index < -0.39 is 0 Å². The molecule has 5 rings (SSSR count). The molecule has 4 aromatic rings. The Bertz CT molecular complexity index is 1300. The smallest absolute Gasteiger partial charge is 0.253 e. The number of hydrazone groups is 1. The van der Waals surface area contributed by atoms with E-state index in [1.165, 1.54) is 11.8 Å². The van der Waals surface area contributed by atoms with Crippen LogP contribution in [-0.4, -0.2) is 44.3 Å². The summed E-state index contributed by atoms with van der Waals surface area (Å²) >= 11 is 1.33. The summed E-state index contributed by atoms with van der Waals surface area (Å²) in [4.78, 5) is 13.3. The van der Waals surface area contributed by atoms with Gasteiger partial charge in [0, 0.05) is 13.5 Å². The summed E-state index contributed by atoms with van der Waals surface area (Å²) in [6.45, 7) is 0. The normalized spacial score (nSPS) is 15.4. The molecule has 1 atom stereocenters. The lowest BCUT2D eigenvalue weighted by atomic mass is 9.98. The summed E-state index contributed by atoms with van der Waals surface area (Å²) in [6, 6.07) is 21.2. The molecule has 172 valence electrons. The van der Waals surface area contributed by atoms with Crippen molar-refractivity contribution in [2.75, 3.05) is 12.9 Å². The molecule has 0 bridgehead atoms. The third kappa shape index (κ3) is 4.34. The van der Waals surface area contributed by atoms with Crippen molar-refractivity contribution >= 4 is 23.4 Å². The van der Waals surface area contributed by atoms with Crippen LogP contribution in [0.2, 0.25) is 0 Å². The van der Waals surface area contributed by atoms with Gasteiger partial charge in [-0.2, -0.15) is 5.10 Å². The molecule has 0 N–H and O–H groups in total. The average molecular weight is 474 g/mol. The molecular formula is C25H23N5O3S. The Balaban J connectivity index is 1.37. The first kappa shape index (κ1) is 22.0. The van der Waals surface area contributed by atoms with Gasteiger partial charge in [-0.3, -0.25) is 4.79 Å². The number of aromatic nitrogens is 3. The maximum atomic E-state index is 13.3. The fourth-order valence-corrected chi connectivity index (χ4v) is 4.65. The highest BCUT2D eigenvalue weighted by atomic mass is 32.2. The van der Waals surface area contributed by atoms with Crippen LogP contribution >= 0.6 is 11.8 Å². The fourth-order valence-electron chi connectivity index (χ4n) is 3.88. The van der Waals surface area contributed by atoms with Gasteiger partial charge in [0.1, 0.15) is 5.75 Å². The number of amides is 1. The van der Waals surface area contributed by atoms with Crippen LogP contribution in [0.3, 0.4) is 0 Å². The zero-order valence-corrected chi connectivity index (χ0v) is 19.6. The van der Waals surface area contributed by atoms with E-state index in [1.54, 1.807) is 24.4 Å². The summed E-state index contributed by atoms with van der Waals surface area (Å²) in [5, 5.41) is 15.4. The Hall–Kier alpha value is -3.85. The fraction of sp³-hybridized carbons (Fsp3) is 0.200. The van der Waals surface area contributed by atoms with Gasteiger partial charge < -0.3 is 13.7 Å². The monoisotopic (exact) mass is 473 g/mol. The van der Waals surface area contributed by atoms with Crippen LogP contribution in [0.15, 0.2) is 87.7 Å². The number of furan rings is 1. The Morgan fingerprint density at radius 1 is 1.09 bits per heavy atom. The van der Waals surface area contributed by atoms with Gasteiger partial charge in [0.25, 0.3) is 5.91 Å². The van der Waals surface area contributed by atoms with Crippen molar-refractivity contribution in [1.82, 2.24) is 19.8 Å². The van der Waals surface area contributed by atoms with Crippen LogP contribution < -0.4 is 4.74 Å². The van der Waals surface area contributed by atoms with E-state index in [2.05, 4.69) is 10.2 Å². The lowest BCUT2D eigenvalue weighted by molar-refractivity contribution is -0.130. The number of hydrogen-bond acceptors (Lipinski definition) is 7. The highest BCUT2D eigenvalue weighted by Gasteiger charge is 2.33. The minimum absolute atomic E-state index is 0.0979. The molecule has 8 nitrogen and oxygen atoms in total. The number of thioether (sulfide) groups is 1. The number of nitrogens with zero attached hydrogens (tertiary/aromatic N) is 5. The van der Waals surface area contributed by atoms with Gasteiger partial charge in [-0.1, -0.05) is 54.2 Å². The van der Waals surface area contributed by atoms with Gasteiger partial charge in [0.15, 0.2) is 16.7 Å². The lowest BCUT2D eigenvalue weighted by Gasteiger charge is -2.22. The van der Waals surface area contributed by atoms with Crippen molar-refractivity contribution in [3.63, 3.8) is 0 Å². The van der Waals surface area contributed by atoms with Gasteiger partial charge >= 0.3 is 0 Å². The molecule has 0 radical (unpaired) electrons. The van der Waals surface area contributed by atoms with Crippen LogP contribution in [0, 0.1) is 0 Å². The lowest BCUT2D eigenvalue weighted by Crippen LogP contribution is -2.28. The van der Waals surface area contributed by atoms with E-state index in [1.807, 2.05) is 72.3 Å². The van der Waals surface area contributed by atoms with Crippen LogP contribution in [0.25, 0.3) is 11.6 Å². The van der Waals surface area contributed by atoms with Gasteiger partial charge in [-0.25, -0.2) is 5.01 Å². The molecule has 0 saturated carbocycles. The quantitative estimate of drug-likeness (QED) is 0.366. The van der Waals surface area contributed by atoms with Crippen LogP contribution in [0.1, 0.15) is 23.6 Å². The van der Waals surface area contributed by atoms with E-state index >= 15 is 0 Å². The van der Waals surface area contributed by atoms with Crippen molar-refractivity contribution in [3.8, 4) is 17.3 Å². The SMILES string of the molecule is COc1ccc(C2CC(c3ccccc3)=NN2C(=O)CSc2nnc(-c3ccco3)n2C)cc1. The predicted molar refractivity (Wildman–Crippen MR) is 130 cm³/mol. The zero-order chi connectivity index (χ0) is 23.5. The summed E-state index contributed by atoms with van der Waals surface area (Å²) < 4.78 is 12.5. The summed E-state index contributed by atoms with van der Waals surface area (Å²) in [6.07, 6.45) is 2.23. The van der Waals surface area contributed by atoms with Crippen LogP contribution in [-0.2, 0) is 11.8 Å². The van der Waals surface area contributed by atoms with Gasteiger partial charge in [0.05, 0.1) is 30.9 Å². The third-order valence-electron chi connectivity index (χ3n) is 5.67. The number of carbonyl (C=O) groups is 1. The molecule has 1 aliphatic rings. The topological polar surface area (TPSA) is 85.8 Å².